The average molecular weight is 213 g/mol. The molecule has 2 atom stereocenters. The summed E-state index contributed by atoms with van der Waals surface area (Å²) in [6.45, 7) is 0.0391. The number of hydrogen-bond donors (Lipinski definition) is 3. The third-order valence-corrected chi connectivity index (χ3v) is 2.50. The molecule has 1 aliphatic carbocycles. The Bertz CT molecular complexity index is 275. The summed E-state index contributed by atoms with van der Waals surface area (Å²) in [4.78, 5) is 22.4. The van der Waals surface area contributed by atoms with Crippen molar-refractivity contribution in [3.63, 3.8) is 0 Å². The van der Waals surface area contributed by atoms with Crippen molar-refractivity contribution in [1.29, 1.82) is 0 Å². The van der Waals surface area contributed by atoms with Gasteiger partial charge in [0.2, 0.25) is 5.91 Å². The molecule has 5 nitrogen and oxygen atoms in total. The summed E-state index contributed by atoms with van der Waals surface area (Å²) in [6.07, 6.45) is 4.46. The molecule has 5 heteroatoms. The standard InChI is InChI=1S/C10H15NO4/c12-6-5-11-9(13)7-3-1-2-4-8(7)10(14)15/h1-2,7-8,12H,3-6H2,(H,11,13)(H,14,15)/t7-,8+/m1/s1. The van der Waals surface area contributed by atoms with E-state index in [0.29, 0.717) is 12.8 Å². The monoisotopic (exact) mass is 213 g/mol. The maximum atomic E-state index is 11.6. The average Bonchev–Trinajstić information content (AvgIpc) is 2.25. The SMILES string of the molecule is O=C(O)[C@H]1CC=CC[C@H]1C(=O)NCCO. The third-order valence-electron chi connectivity index (χ3n) is 2.50. The quantitative estimate of drug-likeness (QED) is 0.563. The van der Waals surface area contributed by atoms with E-state index in [9.17, 15) is 9.59 Å². The molecule has 0 saturated carbocycles. The smallest absolute Gasteiger partial charge is 0.307 e. The van der Waals surface area contributed by atoms with Crippen LogP contribution >= 0.6 is 0 Å². The predicted molar refractivity (Wildman–Crippen MR) is 53.1 cm³/mol. The van der Waals surface area contributed by atoms with Crippen LogP contribution in [0.4, 0.5) is 0 Å². The van der Waals surface area contributed by atoms with Gasteiger partial charge < -0.3 is 15.5 Å². The number of carboxylic acid groups (broad SMARTS) is 1. The van der Waals surface area contributed by atoms with Gasteiger partial charge in [-0.1, -0.05) is 12.2 Å². The number of carboxylic acids is 1. The lowest BCUT2D eigenvalue weighted by molar-refractivity contribution is -0.147. The Balaban J connectivity index is 2.60. The molecule has 3 N–H and O–H groups in total. The number of allylic oxidation sites excluding steroid dienone is 2. The van der Waals surface area contributed by atoms with E-state index in [1.807, 2.05) is 6.08 Å². The summed E-state index contributed by atoms with van der Waals surface area (Å²) >= 11 is 0. The Hall–Kier alpha value is -1.36. The highest BCUT2D eigenvalue weighted by Crippen LogP contribution is 2.25. The van der Waals surface area contributed by atoms with E-state index in [1.165, 1.54) is 0 Å². The van der Waals surface area contributed by atoms with Crippen LogP contribution in [0.5, 0.6) is 0 Å². The Morgan fingerprint density at radius 2 is 1.87 bits per heavy atom. The minimum absolute atomic E-state index is 0.133. The molecule has 0 heterocycles. The summed E-state index contributed by atoms with van der Waals surface area (Å²) < 4.78 is 0. The zero-order valence-electron chi connectivity index (χ0n) is 8.35. The Labute approximate surface area is 87.8 Å². The molecule has 0 aromatic rings. The molecule has 1 aliphatic rings. The summed E-state index contributed by atoms with van der Waals surface area (Å²) in [7, 11) is 0. The Morgan fingerprint density at radius 3 is 2.40 bits per heavy atom. The molecule has 0 spiro atoms. The predicted octanol–water partition coefficient (Wildman–Crippen LogP) is -0.238. The molecule has 1 amide bonds. The fourth-order valence-electron chi connectivity index (χ4n) is 1.69. The molecular weight excluding hydrogens is 198 g/mol. The largest absolute Gasteiger partial charge is 0.481 e. The van der Waals surface area contributed by atoms with Crippen LogP contribution in [0.2, 0.25) is 0 Å². The second-order valence-electron chi connectivity index (χ2n) is 3.51. The molecule has 0 aromatic heterocycles. The van der Waals surface area contributed by atoms with Crippen LogP contribution < -0.4 is 5.32 Å². The maximum Gasteiger partial charge on any atom is 0.307 e. The highest BCUT2D eigenvalue weighted by Gasteiger charge is 2.33. The zero-order chi connectivity index (χ0) is 11.3. The lowest BCUT2D eigenvalue weighted by Gasteiger charge is -2.23. The molecule has 0 saturated heterocycles. The van der Waals surface area contributed by atoms with Gasteiger partial charge in [-0.3, -0.25) is 9.59 Å². The highest BCUT2D eigenvalue weighted by atomic mass is 16.4. The fourth-order valence-corrected chi connectivity index (χ4v) is 1.69. The van der Waals surface area contributed by atoms with Gasteiger partial charge in [-0.15, -0.1) is 0 Å². The number of aliphatic hydroxyl groups excluding tert-OH is 1. The van der Waals surface area contributed by atoms with Crippen LogP contribution in [0, 0.1) is 11.8 Å². The van der Waals surface area contributed by atoms with E-state index in [1.54, 1.807) is 6.08 Å². The van der Waals surface area contributed by atoms with Crippen LogP contribution in [-0.2, 0) is 9.59 Å². The molecule has 1 rings (SSSR count). The van der Waals surface area contributed by atoms with Crippen molar-refractivity contribution in [2.24, 2.45) is 11.8 Å². The first-order valence-electron chi connectivity index (χ1n) is 4.93. The number of carbonyl (C=O) groups excluding carboxylic acids is 1. The van der Waals surface area contributed by atoms with Crippen molar-refractivity contribution in [3.8, 4) is 0 Å². The number of hydrogen-bond acceptors (Lipinski definition) is 3. The second kappa shape index (κ2) is 5.50. The number of rotatable bonds is 4. The highest BCUT2D eigenvalue weighted by molar-refractivity contribution is 5.85. The van der Waals surface area contributed by atoms with Gasteiger partial charge in [-0.05, 0) is 12.8 Å². The summed E-state index contributed by atoms with van der Waals surface area (Å²) in [5, 5.41) is 20.0. The van der Waals surface area contributed by atoms with Gasteiger partial charge in [0, 0.05) is 6.54 Å². The van der Waals surface area contributed by atoms with E-state index >= 15 is 0 Å². The summed E-state index contributed by atoms with van der Waals surface area (Å²) in [5.41, 5.74) is 0. The van der Waals surface area contributed by atoms with E-state index in [4.69, 9.17) is 10.2 Å². The molecule has 0 unspecified atom stereocenters. The van der Waals surface area contributed by atoms with Gasteiger partial charge >= 0.3 is 5.97 Å². The Morgan fingerprint density at radius 1 is 1.27 bits per heavy atom. The van der Waals surface area contributed by atoms with Crippen molar-refractivity contribution in [2.75, 3.05) is 13.2 Å². The van der Waals surface area contributed by atoms with Crippen LogP contribution in [0.15, 0.2) is 12.2 Å². The van der Waals surface area contributed by atoms with Crippen molar-refractivity contribution in [2.45, 2.75) is 12.8 Å². The summed E-state index contributed by atoms with van der Waals surface area (Å²) in [6, 6.07) is 0. The molecule has 15 heavy (non-hydrogen) atoms. The van der Waals surface area contributed by atoms with Crippen LogP contribution in [0.1, 0.15) is 12.8 Å². The van der Waals surface area contributed by atoms with E-state index in [0.717, 1.165) is 0 Å². The van der Waals surface area contributed by atoms with Crippen LogP contribution in [-0.4, -0.2) is 35.2 Å². The molecule has 84 valence electrons. The lowest BCUT2D eigenvalue weighted by atomic mass is 9.82. The number of aliphatic carboxylic acids is 1. The molecule has 0 radical (unpaired) electrons. The second-order valence-corrected chi connectivity index (χ2v) is 3.51. The summed E-state index contributed by atoms with van der Waals surface area (Å²) in [5.74, 6) is -2.39. The maximum absolute atomic E-state index is 11.6. The molecule has 0 aliphatic heterocycles. The van der Waals surface area contributed by atoms with Gasteiger partial charge in [0.1, 0.15) is 0 Å². The Kier molecular flexibility index (Phi) is 4.30. The van der Waals surface area contributed by atoms with E-state index in [2.05, 4.69) is 5.32 Å². The zero-order valence-corrected chi connectivity index (χ0v) is 8.35. The first-order valence-corrected chi connectivity index (χ1v) is 4.93. The van der Waals surface area contributed by atoms with Crippen LogP contribution in [0.3, 0.4) is 0 Å². The molecular formula is C10H15NO4. The normalized spacial score (nSPS) is 24.9. The minimum atomic E-state index is -0.941. The third kappa shape index (κ3) is 3.06. The van der Waals surface area contributed by atoms with Gasteiger partial charge in [-0.25, -0.2) is 0 Å². The van der Waals surface area contributed by atoms with Crippen molar-refractivity contribution in [1.82, 2.24) is 5.32 Å². The van der Waals surface area contributed by atoms with E-state index < -0.39 is 17.8 Å². The molecule has 0 aromatic carbocycles. The number of amides is 1. The van der Waals surface area contributed by atoms with Crippen molar-refractivity contribution in [3.05, 3.63) is 12.2 Å². The molecule has 0 bridgehead atoms. The number of aliphatic hydroxyl groups is 1. The first-order chi connectivity index (χ1) is 7.16. The first kappa shape index (κ1) is 11.7. The van der Waals surface area contributed by atoms with Gasteiger partial charge in [0.05, 0.1) is 18.4 Å². The van der Waals surface area contributed by atoms with Crippen molar-refractivity contribution < 1.29 is 19.8 Å². The van der Waals surface area contributed by atoms with Crippen LogP contribution in [0.25, 0.3) is 0 Å². The van der Waals surface area contributed by atoms with Gasteiger partial charge in [-0.2, -0.15) is 0 Å². The fraction of sp³-hybridized carbons (Fsp3) is 0.600. The number of carbonyl (C=O) groups is 2. The lowest BCUT2D eigenvalue weighted by Crippen LogP contribution is -2.39. The number of nitrogens with one attached hydrogen (secondary N) is 1. The van der Waals surface area contributed by atoms with Gasteiger partial charge in [0.15, 0.2) is 0 Å². The molecule has 0 fully saturated rings. The topological polar surface area (TPSA) is 86.6 Å². The van der Waals surface area contributed by atoms with Gasteiger partial charge in [0.25, 0.3) is 0 Å². The van der Waals surface area contributed by atoms with E-state index in [-0.39, 0.29) is 19.1 Å². The van der Waals surface area contributed by atoms with Crippen molar-refractivity contribution >= 4 is 11.9 Å². The minimum Gasteiger partial charge on any atom is -0.481 e.